The van der Waals surface area contributed by atoms with Gasteiger partial charge in [0.2, 0.25) is 5.91 Å². The number of furan rings is 1. The van der Waals surface area contributed by atoms with Gasteiger partial charge in [-0.2, -0.15) is 0 Å². The number of fused-ring (bicyclic) bond motifs is 2. The maximum Gasteiger partial charge on any atom is 0.310 e. The topological polar surface area (TPSA) is 165 Å². The van der Waals surface area contributed by atoms with Gasteiger partial charge in [-0.05, 0) is 65.7 Å². The Balaban J connectivity index is 1.33. The third kappa shape index (κ3) is 5.25. The fraction of sp³-hybridized carbons (Fsp3) is 0.0741. The lowest BCUT2D eigenvalue weighted by Crippen LogP contribution is -2.32. The van der Waals surface area contributed by atoms with Gasteiger partial charge in [0.1, 0.15) is 0 Å². The minimum absolute atomic E-state index is 0.0945. The van der Waals surface area contributed by atoms with Crippen molar-refractivity contribution >= 4 is 46.2 Å². The molecule has 12 heteroatoms. The van der Waals surface area contributed by atoms with Gasteiger partial charge in [0.25, 0.3) is 11.8 Å². The molecule has 12 nitrogen and oxygen atoms in total. The molecule has 0 fully saturated rings. The van der Waals surface area contributed by atoms with Gasteiger partial charge in [0, 0.05) is 11.8 Å². The normalized spacial score (nSPS) is 11.7. The molecule has 1 aromatic heterocycles. The summed E-state index contributed by atoms with van der Waals surface area (Å²) in [5.74, 6) is -1.12. The predicted octanol–water partition coefficient (Wildman–Crippen LogP) is 4.54. The molecule has 0 bridgehead atoms. The van der Waals surface area contributed by atoms with Gasteiger partial charge < -0.3 is 30.4 Å². The minimum Gasteiger partial charge on any atom is -0.490 e. The maximum atomic E-state index is 13.0. The number of anilines is 4. The molecule has 0 aliphatic carbocycles. The number of carbonyl (C=O) groups excluding carboxylic acids is 3. The highest BCUT2D eigenvalue weighted by Gasteiger charge is 2.21. The fourth-order valence-corrected chi connectivity index (χ4v) is 4.06. The van der Waals surface area contributed by atoms with Crippen molar-refractivity contribution in [3.05, 3.63) is 94.4 Å². The Morgan fingerprint density at radius 1 is 0.974 bits per heavy atom. The van der Waals surface area contributed by atoms with Crippen LogP contribution in [0.5, 0.6) is 5.75 Å². The second-order valence-corrected chi connectivity index (χ2v) is 8.45. The summed E-state index contributed by atoms with van der Waals surface area (Å²) in [6, 6.07) is 17.7. The van der Waals surface area contributed by atoms with E-state index in [1.807, 2.05) is 0 Å². The Kier molecular flexibility index (Phi) is 6.66. The lowest BCUT2D eigenvalue weighted by Gasteiger charge is -2.12. The second kappa shape index (κ2) is 10.4. The van der Waals surface area contributed by atoms with Crippen LogP contribution in [-0.4, -0.2) is 36.3 Å². The molecule has 4 N–H and O–H groups in total. The first kappa shape index (κ1) is 25.0. The quantitative estimate of drug-likeness (QED) is 0.201. The number of nitro groups is 1. The van der Waals surface area contributed by atoms with E-state index in [4.69, 9.17) is 9.15 Å². The zero-order valence-electron chi connectivity index (χ0n) is 20.4. The largest absolute Gasteiger partial charge is 0.490 e. The summed E-state index contributed by atoms with van der Waals surface area (Å²) in [6.07, 6.45) is 1.36. The summed E-state index contributed by atoms with van der Waals surface area (Å²) in [5.41, 5.74) is 3.59. The summed E-state index contributed by atoms with van der Waals surface area (Å²) in [6.45, 7) is -0.275. The molecule has 0 spiro atoms. The van der Waals surface area contributed by atoms with Crippen molar-refractivity contribution in [3.63, 3.8) is 0 Å². The molecule has 4 aromatic rings. The van der Waals surface area contributed by atoms with Crippen molar-refractivity contribution in [1.29, 1.82) is 0 Å². The molecule has 0 saturated heterocycles. The number of ether oxygens (including phenoxy) is 1. The highest BCUT2D eigenvalue weighted by atomic mass is 16.6. The van der Waals surface area contributed by atoms with Gasteiger partial charge in [-0.3, -0.25) is 24.5 Å². The van der Waals surface area contributed by atoms with Gasteiger partial charge in [0.15, 0.2) is 11.5 Å². The Morgan fingerprint density at radius 2 is 1.77 bits per heavy atom. The number of methoxy groups -OCH3 is 1. The summed E-state index contributed by atoms with van der Waals surface area (Å²) in [4.78, 5) is 48.0. The molecular formula is C27H21N5O7. The van der Waals surface area contributed by atoms with Crippen LogP contribution in [0.1, 0.15) is 20.9 Å². The summed E-state index contributed by atoms with van der Waals surface area (Å²) >= 11 is 0. The first-order chi connectivity index (χ1) is 18.8. The highest BCUT2D eigenvalue weighted by Crippen LogP contribution is 2.37. The lowest BCUT2D eigenvalue weighted by molar-refractivity contribution is -0.385. The van der Waals surface area contributed by atoms with Crippen LogP contribution in [0.3, 0.4) is 0 Å². The van der Waals surface area contributed by atoms with Crippen LogP contribution < -0.4 is 26.0 Å². The molecule has 0 atom stereocenters. The van der Waals surface area contributed by atoms with Crippen LogP contribution in [-0.2, 0) is 4.79 Å². The van der Waals surface area contributed by atoms with E-state index in [2.05, 4.69) is 21.3 Å². The Bertz CT molecular complexity index is 1620. The van der Waals surface area contributed by atoms with Crippen molar-refractivity contribution in [1.82, 2.24) is 5.32 Å². The molecule has 3 amide bonds. The van der Waals surface area contributed by atoms with E-state index in [1.165, 1.54) is 25.5 Å². The van der Waals surface area contributed by atoms with E-state index in [0.29, 0.717) is 39.4 Å². The molecule has 1 aliphatic rings. The van der Waals surface area contributed by atoms with Crippen LogP contribution in [0.4, 0.5) is 28.4 Å². The molecule has 2 heterocycles. The van der Waals surface area contributed by atoms with E-state index in [-0.39, 0.29) is 29.6 Å². The van der Waals surface area contributed by atoms with Gasteiger partial charge in [0.05, 0.1) is 47.5 Å². The van der Waals surface area contributed by atoms with Crippen LogP contribution >= 0.6 is 0 Å². The van der Waals surface area contributed by atoms with Gasteiger partial charge in [-0.1, -0.05) is 6.07 Å². The number of nitrogens with zero attached hydrogens (tertiary/aromatic N) is 1. The minimum atomic E-state index is -0.518. The van der Waals surface area contributed by atoms with E-state index < -0.39 is 16.7 Å². The summed E-state index contributed by atoms with van der Waals surface area (Å²) in [5, 5.41) is 22.4. The molecular weight excluding hydrogens is 506 g/mol. The zero-order chi connectivity index (χ0) is 27.5. The maximum absolute atomic E-state index is 13.0. The monoisotopic (exact) mass is 527 g/mol. The van der Waals surface area contributed by atoms with Crippen molar-refractivity contribution in [2.45, 2.75) is 0 Å². The van der Waals surface area contributed by atoms with Crippen molar-refractivity contribution in [3.8, 4) is 16.9 Å². The van der Waals surface area contributed by atoms with E-state index in [0.717, 1.165) is 0 Å². The van der Waals surface area contributed by atoms with Gasteiger partial charge in [-0.25, -0.2) is 0 Å². The second-order valence-electron chi connectivity index (χ2n) is 8.45. The van der Waals surface area contributed by atoms with E-state index in [1.54, 1.807) is 54.6 Å². The number of nitro benzene ring substituents is 1. The van der Waals surface area contributed by atoms with Crippen LogP contribution in [0.2, 0.25) is 0 Å². The number of hydrogen-bond donors (Lipinski definition) is 4. The van der Waals surface area contributed by atoms with E-state index in [9.17, 15) is 24.5 Å². The van der Waals surface area contributed by atoms with Crippen molar-refractivity contribution in [2.75, 3.05) is 29.6 Å². The van der Waals surface area contributed by atoms with Crippen molar-refractivity contribution < 1.29 is 28.5 Å². The fourth-order valence-electron chi connectivity index (χ4n) is 4.06. The molecule has 5 rings (SSSR count). The lowest BCUT2D eigenvalue weighted by atomic mass is 10.0. The average molecular weight is 527 g/mol. The van der Waals surface area contributed by atoms with Crippen LogP contribution in [0.25, 0.3) is 11.1 Å². The van der Waals surface area contributed by atoms with Crippen LogP contribution in [0.15, 0.2) is 77.4 Å². The van der Waals surface area contributed by atoms with Gasteiger partial charge in [-0.15, -0.1) is 0 Å². The summed E-state index contributed by atoms with van der Waals surface area (Å²) in [7, 11) is 1.36. The average Bonchev–Trinajstić information content (AvgIpc) is 3.43. The number of rotatable bonds is 7. The number of carbonyl (C=O) groups is 3. The Hall–Kier alpha value is -5.65. The zero-order valence-corrected chi connectivity index (χ0v) is 20.4. The molecule has 196 valence electrons. The smallest absolute Gasteiger partial charge is 0.310 e. The number of nitrogens with one attached hydrogen (secondary N) is 4. The Morgan fingerprint density at radius 3 is 2.51 bits per heavy atom. The summed E-state index contributed by atoms with van der Waals surface area (Å²) < 4.78 is 10.2. The molecule has 3 aromatic carbocycles. The van der Waals surface area contributed by atoms with Crippen LogP contribution in [0, 0.1) is 10.1 Å². The third-order valence-electron chi connectivity index (χ3n) is 5.95. The van der Waals surface area contributed by atoms with Crippen molar-refractivity contribution in [2.24, 2.45) is 0 Å². The SMILES string of the molecule is COc1cc(-c2ccc3c(c2)Nc2ccc(NC(=O)CNC(=O)c4ccco4)cc2NC3=O)ccc1[N+](=O)[O-]. The number of amides is 3. The van der Waals surface area contributed by atoms with E-state index >= 15 is 0 Å². The third-order valence-corrected chi connectivity index (χ3v) is 5.95. The van der Waals surface area contributed by atoms with Gasteiger partial charge >= 0.3 is 5.69 Å². The molecule has 0 radical (unpaired) electrons. The number of hydrogen-bond acceptors (Lipinski definition) is 8. The molecule has 1 aliphatic heterocycles. The molecule has 0 saturated carbocycles. The number of benzene rings is 3. The Labute approximate surface area is 221 Å². The first-order valence-corrected chi connectivity index (χ1v) is 11.6. The molecule has 0 unspecified atom stereocenters. The first-order valence-electron chi connectivity index (χ1n) is 11.6. The standard InChI is InChI=1S/C27H21N5O7/c1-38-24-12-16(5-9-22(24)32(36)37)15-4-7-18-20(11-15)30-19-8-6-17(13-21(19)31-26(18)34)29-25(33)14-28-27(35)23-3-2-10-39-23/h2-13,30H,14H2,1H3,(H,28,35)(H,29,33)(H,31,34). The predicted molar refractivity (Wildman–Crippen MR) is 142 cm³/mol. The molecule has 39 heavy (non-hydrogen) atoms. The highest BCUT2D eigenvalue weighted by molar-refractivity contribution is 6.13.